The van der Waals surface area contributed by atoms with E-state index in [0.29, 0.717) is 6.54 Å². The van der Waals surface area contributed by atoms with Crippen molar-refractivity contribution >= 4 is 11.9 Å². The van der Waals surface area contributed by atoms with E-state index in [-0.39, 0.29) is 23.8 Å². The molecule has 0 unspecified atom stereocenters. The van der Waals surface area contributed by atoms with Crippen LogP contribution in [0.5, 0.6) is 0 Å². The molecule has 1 saturated heterocycles. The minimum absolute atomic E-state index is 0.0287. The lowest BCUT2D eigenvalue weighted by Crippen LogP contribution is -2.42. The van der Waals surface area contributed by atoms with Gasteiger partial charge in [0, 0.05) is 13.2 Å². The number of ether oxygens (including phenoxy) is 1. The number of hydrogen-bond acceptors (Lipinski definition) is 3. The number of allylic oxidation sites excluding steroid dienone is 2. The Bertz CT molecular complexity index is 414. The van der Waals surface area contributed by atoms with Gasteiger partial charge in [-0.05, 0) is 31.1 Å². The van der Waals surface area contributed by atoms with Gasteiger partial charge in [0.05, 0.1) is 17.9 Å². The lowest BCUT2D eigenvalue weighted by molar-refractivity contribution is -0.147. The lowest BCUT2D eigenvalue weighted by Gasteiger charge is -2.24. The Balaban J connectivity index is 1.62. The Morgan fingerprint density at radius 3 is 2.63 bits per heavy atom. The van der Waals surface area contributed by atoms with E-state index in [1.54, 1.807) is 0 Å². The van der Waals surface area contributed by atoms with Crippen LogP contribution in [0.4, 0.5) is 0 Å². The van der Waals surface area contributed by atoms with Crippen molar-refractivity contribution in [2.75, 3.05) is 13.2 Å². The fourth-order valence-electron chi connectivity index (χ4n) is 3.65. The maximum absolute atomic E-state index is 12.2. The third kappa shape index (κ3) is 2.27. The summed E-state index contributed by atoms with van der Waals surface area (Å²) in [5.41, 5.74) is 0. The highest BCUT2D eigenvalue weighted by atomic mass is 16.5. The van der Waals surface area contributed by atoms with E-state index >= 15 is 0 Å². The molecule has 1 saturated carbocycles. The average Bonchev–Trinajstić information content (AvgIpc) is 3.10. The molecule has 5 nitrogen and oxygen atoms in total. The smallest absolute Gasteiger partial charge is 0.307 e. The fraction of sp³-hybridized carbons (Fsp3) is 0.714. The third-order valence-electron chi connectivity index (χ3n) is 4.58. The van der Waals surface area contributed by atoms with Crippen LogP contribution >= 0.6 is 0 Å². The van der Waals surface area contributed by atoms with E-state index in [2.05, 4.69) is 5.32 Å². The number of amides is 1. The number of rotatable bonds is 4. The summed E-state index contributed by atoms with van der Waals surface area (Å²) >= 11 is 0. The molecule has 0 aromatic carbocycles. The third-order valence-corrected chi connectivity index (χ3v) is 4.58. The van der Waals surface area contributed by atoms with Crippen LogP contribution in [0.3, 0.4) is 0 Å². The van der Waals surface area contributed by atoms with Crippen molar-refractivity contribution < 1.29 is 19.4 Å². The second-order valence-corrected chi connectivity index (χ2v) is 5.72. The van der Waals surface area contributed by atoms with Crippen LogP contribution in [0.1, 0.15) is 19.3 Å². The number of hydrogen-bond donors (Lipinski definition) is 2. The molecule has 5 heteroatoms. The van der Waals surface area contributed by atoms with Crippen LogP contribution in [-0.2, 0) is 14.3 Å². The predicted molar refractivity (Wildman–Crippen MR) is 67.3 cm³/mol. The van der Waals surface area contributed by atoms with Crippen molar-refractivity contribution in [1.29, 1.82) is 0 Å². The lowest BCUT2D eigenvalue weighted by atomic mass is 9.82. The molecule has 1 amide bonds. The Morgan fingerprint density at radius 1 is 1.26 bits per heavy atom. The molecule has 5 atom stereocenters. The van der Waals surface area contributed by atoms with Gasteiger partial charge in [-0.15, -0.1) is 0 Å². The maximum atomic E-state index is 12.2. The first-order valence-electron chi connectivity index (χ1n) is 6.97. The highest BCUT2D eigenvalue weighted by Crippen LogP contribution is 2.48. The molecular weight excluding hydrogens is 246 g/mol. The second kappa shape index (κ2) is 4.96. The van der Waals surface area contributed by atoms with Gasteiger partial charge in [0.15, 0.2) is 0 Å². The first-order chi connectivity index (χ1) is 9.16. The first kappa shape index (κ1) is 12.7. The summed E-state index contributed by atoms with van der Waals surface area (Å²) in [4.78, 5) is 23.6. The number of aliphatic carboxylic acids is 1. The van der Waals surface area contributed by atoms with E-state index in [1.165, 1.54) is 0 Å². The molecule has 0 spiro atoms. The number of nitrogens with one attached hydrogen (secondary N) is 1. The minimum atomic E-state index is -0.853. The summed E-state index contributed by atoms with van der Waals surface area (Å²) in [6.45, 7) is 1.26. The van der Waals surface area contributed by atoms with Crippen LogP contribution in [0.15, 0.2) is 12.2 Å². The molecule has 0 aromatic rings. The summed E-state index contributed by atoms with van der Waals surface area (Å²) < 4.78 is 5.46. The zero-order chi connectivity index (χ0) is 13.4. The van der Waals surface area contributed by atoms with E-state index < -0.39 is 17.8 Å². The van der Waals surface area contributed by atoms with Gasteiger partial charge in [0.25, 0.3) is 0 Å². The SMILES string of the molecule is O=C(O)[C@@H]1[C@@H](C(=O)NC[C@@H]2CCCO2)[C@H]2C=C[C@@H]1C2. The molecule has 2 aliphatic carbocycles. The number of carboxylic acids is 1. The molecule has 2 bridgehead atoms. The summed E-state index contributed by atoms with van der Waals surface area (Å²) in [6, 6.07) is 0. The van der Waals surface area contributed by atoms with Gasteiger partial charge < -0.3 is 15.2 Å². The number of carboxylic acid groups (broad SMARTS) is 1. The van der Waals surface area contributed by atoms with Gasteiger partial charge in [-0.25, -0.2) is 0 Å². The highest BCUT2D eigenvalue weighted by molar-refractivity contribution is 5.86. The molecular formula is C14H19NO4. The van der Waals surface area contributed by atoms with Gasteiger partial charge in [-0.2, -0.15) is 0 Å². The van der Waals surface area contributed by atoms with Crippen LogP contribution in [-0.4, -0.2) is 36.2 Å². The number of carbonyl (C=O) groups is 2. The summed E-state index contributed by atoms with van der Waals surface area (Å²) in [7, 11) is 0. The molecule has 3 rings (SSSR count). The normalized spacial score (nSPS) is 39.7. The Hall–Kier alpha value is -1.36. The van der Waals surface area contributed by atoms with Crippen molar-refractivity contribution in [3.63, 3.8) is 0 Å². The summed E-state index contributed by atoms with van der Waals surface area (Å²) in [6.07, 6.45) is 6.86. The van der Waals surface area contributed by atoms with Gasteiger partial charge in [-0.1, -0.05) is 12.2 Å². The fourth-order valence-corrected chi connectivity index (χ4v) is 3.65. The monoisotopic (exact) mass is 265 g/mol. The van der Waals surface area contributed by atoms with Crippen molar-refractivity contribution in [3.05, 3.63) is 12.2 Å². The molecule has 104 valence electrons. The van der Waals surface area contributed by atoms with E-state index in [0.717, 1.165) is 25.9 Å². The molecule has 3 aliphatic rings. The second-order valence-electron chi connectivity index (χ2n) is 5.72. The first-order valence-corrected chi connectivity index (χ1v) is 6.97. The topological polar surface area (TPSA) is 75.6 Å². The highest BCUT2D eigenvalue weighted by Gasteiger charge is 2.51. The predicted octanol–water partition coefficient (Wildman–Crippen LogP) is 0.804. The Labute approximate surface area is 112 Å². The maximum Gasteiger partial charge on any atom is 0.307 e. The summed E-state index contributed by atoms with van der Waals surface area (Å²) in [5.74, 6) is -1.82. The van der Waals surface area contributed by atoms with Crippen molar-refractivity contribution in [3.8, 4) is 0 Å². The minimum Gasteiger partial charge on any atom is -0.481 e. The Morgan fingerprint density at radius 2 is 2.00 bits per heavy atom. The molecule has 1 heterocycles. The quantitative estimate of drug-likeness (QED) is 0.737. The molecule has 2 fully saturated rings. The van der Waals surface area contributed by atoms with Gasteiger partial charge in [0.1, 0.15) is 0 Å². The number of fused-ring (bicyclic) bond motifs is 2. The molecule has 2 N–H and O–H groups in total. The number of carbonyl (C=O) groups excluding carboxylic acids is 1. The van der Waals surface area contributed by atoms with Crippen LogP contribution in [0.25, 0.3) is 0 Å². The average molecular weight is 265 g/mol. The standard InChI is InChI=1S/C14H19NO4/c16-13(15-7-10-2-1-5-19-10)11-8-3-4-9(6-8)12(11)14(17)18/h3-4,8-12H,1-2,5-7H2,(H,15,16)(H,17,18)/t8-,9+,10-,11-,12-/m0/s1. The van der Waals surface area contributed by atoms with E-state index in [9.17, 15) is 14.7 Å². The summed E-state index contributed by atoms with van der Waals surface area (Å²) in [5, 5.41) is 12.2. The van der Waals surface area contributed by atoms with Crippen LogP contribution in [0, 0.1) is 23.7 Å². The van der Waals surface area contributed by atoms with Crippen LogP contribution in [0.2, 0.25) is 0 Å². The molecule has 1 aliphatic heterocycles. The van der Waals surface area contributed by atoms with E-state index in [1.807, 2.05) is 12.2 Å². The van der Waals surface area contributed by atoms with Gasteiger partial charge in [0.2, 0.25) is 5.91 Å². The van der Waals surface area contributed by atoms with Crippen molar-refractivity contribution in [1.82, 2.24) is 5.32 Å². The zero-order valence-corrected chi connectivity index (χ0v) is 10.7. The molecule has 0 radical (unpaired) electrons. The van der Waals surface area contributed by atoms with Crippen molar-refractivity contribution in [2.24, 2.45) is 23.7 Å². The van der Waals surface area contributed by atoms with E-state index in [4.69, 9.17) is 4.74 Å². The zero-order valence-electron chi connectivity index (χ0n) is 10.7. The Kier molecular flexibility index (Phi) is 3.31. The van der Waals surface area contributed by atoms with Crippen LogP contribution < -0.4 is 5.32 Å². The molecule has 19 heavy (non-hydrogen) atoms. The van der Waals surface area contributed by atoms with Crippen molar-refractivity contribution in [2.45, 2.75) is 25.4 Å². The largest absolute Gasteiger partial charge is 0.481 e. The van der Waals surface area contributed by atoms with Gasteiger partial charge in [-0.3, -0.25) is 9.59 Å². The molecule has 0 aromatic heterocycles. The van der Waals surface area contributed by atoms with Gasteiger partial charge >= 0.3 is 5.97 Å².